The number of hydrogen-bond acceptors (Lipinski definition) is 4. The highest BCUT2D eigenvalue weighted by molar-refractivity contribution is 6.04. The minimum atomic E-state index is -0.283. The van der Waals surface area contributed by atoms with Crippen LogP contribution in [0.2, 0.25) is 0 Å². The maximum atomic E-state index is 12.8. The van der Waals surface area contributed by atoms with E-state index in [-0.39, 0.29) is 23.9 Å². The van der Waals surface area contributed by atoms with Crippen LogP contribution >= 0.6 is 0 Å². The van der Waals surface area contributed by atoms with Crippen molar-refractivity contribution in [2.24, 2.45) is 7.05 Å². The predicted octanol–water partition coefficient (Wildman–Crippen LogP) is 2.56. The first-order chi connectivity index (χ1) is 15.4. The number of rotatable bonds is 5. The van der Waals surface area contributed by atoms with E-state index in [1.54, 1.807) is 25.2 Å². The molecule has 7 heteroatoms. The fraction of sp³-hybridized carbons (Fsp3) is 0.240. The molecular formula is C25H26N4O3. The van der Waals surface area contributed by atoms with Crippen LogP contribution in [0.5, 0.6) is 0 Å². The molecular weight excluding hydrogens is 404 g/mol. The molecule has 1 aliphatic heterocycles. The summed E-state index contributed by atoms with van der Waals surface area (Å²) in [5.41, 5.74) is 4.91. The van der Waals surface area contributed by atoms with E-state index < -0.39 is 0 Å². The van der Waals surface area contributed by atoms with Crippen LogP contribution in [0.3, 0.4) is 0 Å². The van der Waals surface area contributed by atoms with E-state index in [9.17, 15) is 14.4 Å². The lowest BCUT2D eigenvalue weighted by Crippen LogP contribution is -2.26. The molecule has 4 rings (SSSR count). The molecule has 2 aromatic carbocycles. The standard InChI is InChI=1S/C25H26N4O3/c1-28-11-10-18-6-8-22(13-21(18)15-28)27-25(32)19-5-3-4-17(12-19)14-26-24(31)20-7-9-23(30)29(2)16-20/h3-9,12-13,16H,10-11,14-15H2,1-2H3,(H,26,31)(H,27,32). The average molecular weight is 431 g/mol. The van der Waals surface area contributed by atoms with Gasteiger partial charge in [0.15, 0.2) is 0 Å². The SMILES string of the molecule is CN1CCc2ccc(NC(=O)c3cccc(CNC(=O)c4ccc(=O)n(C)c4)c3)cc2C1. The van der Waals surface area contributed by atoms with Crippen molar-refractivity contribution >= 4 is 17.5 Å². The Balaban J connectivity index is 1.40. The van der Waals surface area contributed by atoms with Gasteiger partial charge in [-0.1, -0.05) is 18.2 Å². The number of pyridine rings is 1. The molecule has 0 saturated heterocycles. The second kappa shape index (κ2) is 9.20. The van der Waals surface area contributed by atoms with Gasteiger partial charge in [0, 0.05) is 50.2 Å². The number of nitrogens with one attached hydrogen (secondary N) is 2. The maximum Gasteiger partial charge on any atom is 0.255 e. The van der Waals surface area contributed by atoms with E-state index >= 15 is 0 Å². The van der Waals surface area contributed by atoms with E-state index in [0.29, 0.717) is 11.1 Å². The third-order valence-electron chi connectivity index (χ3n) is 5.66. The number of aromatic nitrogens is 1. The lowest BCUT2D eigenvalue weighted by atomic mass is 9.99. The van der Waals surface area contributed by atoms with Crippen LogP contribution < -0.4 is 16.2 Å². The van der Waals surface area contributed by atoms with Gasteiger partial charge in [0.05, 0.1) is 5.56 Å². The molecule has 0 aliphatic carbocycles. The molecule has 32 heavy (non-hydrogen) atoms. The van der Waals surface area contributed by atoms with Crippen molar-refractivity contribution in [3.8, 4) is 0 Å². The minimum Gasteiger partial charge on any atom is -0.348 e. The van der Waals surface area contributed by atoms with Crippen molar-refractivity contribution in [2.45, 2.75) is 19.5 Å². The van der Waals surface area contributed by atoms with Crippen LogP contribution in [0.1, 0.15) is 37.4 Å². The summed E-state index contributed by atoms with van der Waals surface area (Å²) in [6.07, 6.45) is 2.52. The first kappa shape index (κ1) is 21.5. The summed E-state index contributed by atoms with van der Waals surface area (Å²) in [5.74, 6) is -0.477. The molecule has 2 N–H and O–H groups in total. The van der Waals surface area contributed by atoms with Crippen molar-refractivity contribution in [1.29, 1.82) is 0 Å². The predicted molar refractivity (Wildman–Crippen MR) is 124 cm³/mol. The van der Waals surface area contributed by atoms with E-state index in [1.165, 1.54) is 34.0 Å². The highest BCUT2D eigenvalue weighted by Crippen LogP contribution is 2.22. The molecule has 0 bridgehead atoms. The Bertz CT molecular complexity index is 1230. The van der Waals surface area contributed by atoms with E-state index in [4.69, 9.17) is 0 Å². The summed E-state index contributed by atoms with van der Waals surface area (Å²) in [5, 5.41) is 5.80. The molecule has 1 aliphatic rings. The number of likely N-dealkylation sites (N-methyl/N-ethyl adjacent to an activating group) is 1. The zero-order valence-electron chi connectivity index (χ0n) is 18.2. The zero-order chi connectivity index (χ0) is 22.7. The smallest absolute Gasteiger partial charge is 0.255 e. The molecule has 164 valence electrons. The van der Waals surface area contributed by atoms with Crippen LogP contribution in [-0.2, 0) is 26.6 Å². The molecule has 0 radical (unpaired) electrons. The van der Waals surface area contributed by atoms with Gasteiger partial charge < -0.3 is 20.1 Å². The summed E-state index contributed by atoms with van der Waals surface area (Å²) >= 11 is 0. The first-order valence-corrected chi connectivity index (χ1v) is 10.5. The lowest BCUT2D eigenvalue weighted by molar-refractivity contribution is 0.0949. The van der Waals surface area contributed by atoms with Crippen LogP contribution in [0, 0.1) is 0 Å². The molecule has 7 nitrogen and oxygen atoms in total. The van der Waals surface area contributed by atoms with E-state index in [1.807, 2.05) is 18.2 Å². The maximum absolute atomic E-state index is 12.8. The van der Waals surface area contributed by atoms with Gasteiger partial charge in [-0.25, -0.2) is 0 Å². The van der Waals surface area contributed by atoms with Gasteiger partial charge in [0.25, 0.3) is 11.8 Å². The van der Waals surface area contributed by atoms with Crippen molar-refractivity contribution < 1.29 is 9.59 Å². The van der Waals surface area contributed by atoms with Gasteiger partial charge in [-0.15, -0.1) is 0 Å². The quantitative estimate of drug-likeness (QED) is 0.652. The topological polar surface area (TPSA) is 83.4 Å². The number of amides is 2. The summed E-state index contributed by atoms with van der Waals surface area (Å²) in [6, 6.07) is 16.1. The summed E-state index contributed by atoms with van der Waals surface area (Å²) in [6.45, 7) is 2.20. The van der Waals surface area contributed by atoms with Gasteiger partial charge in [-0.2, -0.15) is 0 Å². The number of carbonyl (C=O) groups excluding carboxylic acids is 2. The molecule has 2 heterocycles. The fourth-order valence-corrected chi connectivity index (χ4v) is 3.81. The molecule has 3 aromatic rings. The Labute approximate surface area is 186 Å². The van der Waals surface area contributed by atoms with E-state index in [2.05, 4.69) is 28.6 Å². The first-order valence-electron chi connectivity index (χ1n) is 10.5. The monoisotopic (exact) mass is 430 g/mol. The van der Waals surface area contributed by atoms with Gasteiger partial charge in [-0.3, -0.25) is 14.4 Å². The molecule has 0 spiro atoms. The zero-order valence-corrected chi connectivity index (χ0v) is 18.2. The van der Waals surface area contributed by atoms with Crippen LogP contribution in [-0.4, -0.2) is 34.9 Å². The Hall–Kier alpha value is -3.71. The summed E-state index contributed by atoms with van der Waals surface area (Å²) < 4.78 is 1.36. The molecule has 1 aromatic heterocycles. The fourth-order valence-electron chi connectivity index (χ4n) is 3.81. The Morgan fingerprint density at radius 3 is 2.59 bits per heavy atom. The second-order valence-electron chi connectivity index (χ2n) is 8.18. The summed E-state index contributed by atoms with van der Waals surface area (Å²) in [4.78, 5) is 38.9. The number of anilines is 1. The normalized spacial score (nSPS) is 13.3. The molecule has 0 atom stereocenters. The van der Waals surface area contributed by atoms with Crippen molar-refractivity contribution in [1.82, 2.24) is 14.8 Å². The van der Waals surface area contributed by atoms with Crippen LogP contribution in [0.4, 0.5) is 5.69 Å². The number of aryl methyl sites for hydroxylation is 1. The third kappa shape index (κ3) is 4.95. The van der Waals surface area contributed by atoms with Gasteiger partial charge in [0.2, 0.25) is 5.56 Å². The van der Waals surface area contributed by atoms with Crippen LogP contribution in [0.15, 0.2) is 65.6 Å². The molecule has 0 fully saturated rings. The molecule has 2 amide bonds. The second-order valence-corrected chi connectivity index (χ2v) is 8.18. The van der Waals surface area contributed by atoms with Crippen molar-refractivity contribution in [3.05, 3.63) is 99.0 Å². The van der Waals surface area contributed by atoms with Gasteiger partial charge in [-0.05, 0) is 60.5 Å². The largest absolute Gasteiger partial charge is 0.348 e. The highest BCUT2D eigenvalue weighted by Gasteiger charge is 2.15. The number of benzene rings is 2. The number of hydrogen-bond donors (Lipinski definition) is 2. The number of carbonyl (C=O) groups is 2. The average Bonchev–Trinajstić information content (AvgIpc) is 2.79. The van der Waals surface area contributed by atoms with Gasteiger partial charge >= 0.3 is 0 Å². The Morgan fingerprint density at radius 1 is 0.938 bits per heavy atom. The van der Waals surface area contributed by atoms with Crippen molar-refractivity contribution in [3.63, 3.8) is 0 Å². The van der Waals surface area contributed by atoms with Crippen molar-refractivity contribution in [2.75, 3.05) is 18.9 Å². The summed E-state index contributed by atoms with van der Waals surface area (Å²) in [7, 11) is 3.69. The van der Waals surface area contributed by atoms with Crippen LogP contribution in [0.25, 0.3) is 0 Å². The number of fused-ring (bicyclic) bond motifs is 1. The molecule has 0 saturated carbocycles. The third-order valence-corrected chi connectivity index (χ3v) is 5.66. The Morgan fingerprint density at radius 2 is 1.78 bits per heavy atom. The Kier molecular flexibility index (Phi) is 6.18. The van der Waals surface area contributed by atoms with E-state index in [0.717, 1.165) is 30.8 Å². The van der Waals surface area contributed by atoms with Gasteiger partial charge in [0.1, 0.15) is 0 Å². The molecule has 0 unspecified atom stereocenters. The highest BCUT2D eigenvalue weighted by atomic mass is 16.2. The number of nitrogens with zero attached hydrogens (tertiary/aromatic N) is 2. The lowest BCUT2D eigenvalue weighted by Gasteiger charge is -2.25. The minimum absolute atomic E-state index is 0.175.